The summed E-state index contributed by atoms with van der Waals surface area (Å²) in [5.41, 5.74) is 6.56. The molecule has 5 heteroatoms. The van der Waals surface area contributed by atoms with E-state index in [4.69, 9.17) is 11.0 Å². The molecule has 88 valence electrons. The predicted octanol–water partition coefficient (Wildman–Crippen LogP) is 3.02. The summed E-state index contributed by atoms with van der Waals surface area (Å²) in [6.45, 7) is 5.33. The molecule has 0 radical (unpaired) electrons. The highest BCUT2D eigenvalue weighted by Crippen LogP contribution is 2.43. The van der Waals surface area contributed by atoms with Gasteiger partial charge >= 0.3 is 0 Å². The molecule has 3 nitrogen and oxygen atoms in total. The molecule has 1 aromatic heterocycles. The van der Waals surface area contributed by atoms with Crippen LogP contribution >= 0.6 is 23.1 Å². The lowest BCUT2D eigenvalue weighted by Crippen LogP contribution is -2.21. The van der Waals surface area contributed by atoms with E-state index in [1.54, 1.807) is 11.8 Å². The highest BCUT2D eigenvalue weighted by molar-refractivity contribution is 7.99. The third-order valence-electron chi connectivity index (χ3n) is 2.17. The maximum absolute atomic E-state index is 8.97. The van der Waals surface area contributed by atoms with Crippen molar-refractivity contribution in [2.24, 2.45) is 5.92 Å². The van der Waals surface area contributed by atoms with Gasteiger partial charge in [-0.3, -0.25) is 0 Å². The third kappa shape index (κ3) is 2.63. The number of hydrogen-bond donors (Lipinski definition) is 1. The van der Waals surface area contributed by atoms with Gasteiger partial charge in [0, 0.05) is 13.6 Å². The molecule has 0 atom stereocenters. The number of nitrogen functional groups attached to an aromatic ring is 1. The highest BCUT2D eigenvalue weighted by atomic mass is 32.2. The molecule has 0 aliphatic rings. The second-order valence-electron chi connectivity index (χ2n) is 4.07. The average molecular weight is 255 g/mol. The number of nitrogens with zero attached hydrogens (tertiary/aromatic N) is 2. The fourth-order valence-corrected chi connectivity index (χ4v) is 3.55. The Bertz CT molecular complexity index is 404. The van der Waals surface area contributed by atoms with E-state index in [9.17, 15) is 0 Å². The minimum absolute atomic E-state index is 0.591. The zero-order valence-corrected chi connectivity index (χ0v) is 11.7. The van der Waals surface area contributed by atoms with E-state index in [1.165, 1.54) is 11.3 Å². The molecule has 0 saturated heterocycles. The quantitative estimate of drug-likeness (QED) is 0.840. The van der Waals surface area contributed by atoms with Gasteiger partial charge < -0.3 is 10.6 Å². The fourth-order valence-electron chi connectivity index (χ4n) is 1.58. The van der Waals surface area contributed by atoms with E-state index >= 15 is 0 Å². The number of thiophene rings is 1. The molecule has 0 aliphatic heterocycles. The first kappa shape index (κ1) is 13.2. The molecule has 0 aromatic carbocycles. The molecule has 1 rings (SSSR count). The van der Waals surface area contributed by atoms with Crippen LogP contribution in [0.4, 0.5) is 10.7 Å². The van der Waals surface area contributed by atoms with Crippen LogP contribution in [-0.2, 0) is 0 Å². The number of thioether (sulfide) groups is 1. The Morgan fingerprint density at radius 3 is 2.62 bits per heavy atom. The van der Waals surface area contributed by atoms with Crippen LogP contribution in [0.5, 0.6) is 0 Å². The third-order valence-corrected chi connectivity index (χ3v) is 4.35. The maximum Gasteiger partial charge on any atom is 0.131 e. The summed E-state index contributed by atoms with van der Waals surface area (Å²) < 4.78 is 0. The summed E-state index contributed by atoms with van der Waals surface area (Å²) in [6.07, 6.45) is 1.99. The largest absolute Gasteiger partial charge is 0.396 e. The molecule has 1 heterocycles. The molecular weight excluding hydrogens is 238 g/mol. The van der Waals surface area contributed by atoms with Crippen LogP contribution in [0, 0.1) is 17.2 Å². The average Bonchev–Trinajstić information content (AvgIpc) is 2.53. The SMILES string of the molecule is CSc1c(N(C)CC(C)C)sc(C#N)c1N. The Morgan fingerprint density at radius 2 is 2.19 bits per heavy atom. The lowest BCUT2D eigenvalue weighted by molar-refractivity contribution is 0.639. The zero-order valence-electron chi connectivity index (χ0n) is 10.1. The van der Waals surface area contributed by atoms with Crippen LogP contribution in [0.2, 0.25) is 0 Å². The first-order chi connectivity index (χ1) is 7.51. The molecule has 0 saturated carbocycles. The van der Waals surface area contributed by atoms with Crippen LogP contribution in [0.25, 0.3) is 0 Å². The second-order valence-corrected chi connectivity index (χ2v) is 5.89. The normalized spacial score (nSPS) is 10.5. The van der Waals surface area contributed by atoms with Crippen molar-refractivity contribution in [3.05, 3.63) is 4.88 Å². The minimum Gasteiger partial charge on any atom is -0.396 e. The summed E-state index contributed by atoms with van der Waals surface area (Å²) in [4.78, 5) is 3.83. The molecule has 0 bridgehead atoms. The first-order valence-electron chi connectivity index (χ1n) is 5.08. The van der Waals surface area contributed by atoms with Gasteiger partial charge in [0.25, 0.3) is 0 Å². The minimum atomic E-state index is 0.591. The Balaban J connectivity index is 3.08. The van der Waals surface area contributed by atoms with E-state index in [0.717, 1.165) is 16.4 Å². The molecule has 2 N–H and O–H groups in total. The van der Waals surface area contributed by atoms with Crippen molar-refractivity contribution in [3.8, 4) is 6.07 Å². The Hall–Kier alpha value is -0.860. The molecule has 0 fully saturated rings. The Labute approximate surface area is 105 Å². The first-order valence-corrected chi connectivity index (χ1v) is 7.12. The number of nitrogens with two attached hydrogens (primary N) is 1. The monoisotopic (exact) mass is 255 g/mol. The van der Waals surface area contributed by atoms with Gasteiger partial charge in [-0.2, -0.15) is 5.26 Å². The fraction of sp³-hybridized carbons (Fsp3) is 0.545. The molecule has 1 aromatic rings. The summed E-state index contributed by atoms with van der Waals surface area (Å²) >= 11 is 3.09. The predicted molar refractivity (Wildman–Crippen MR) is 73.3 cm³/mol. The molecule has 0 aliphatic carbocycles. The van der Waals surface area contributed by atoms with Crippen LogP contribution in [0.3, 0.4) is 0 Å². The van der Waals surface area contributed by atoms with Crippen LogP contribution in [-0.4, -0.2) is 19.8 Å². The van der Waals surface area contributed by atoms with Crippen molar-refractivity contribution < 1.29 is 0 Å². The van der Waals surface area contributed by atoms with Crippen molar-refractivity contribution >= 4 is 33.8 Å². The summed E-state index contributed by atoms with van der Waals surface area (Å²) in [5.74, 6) is 0.591. The van der Waals surface area contributed by atoms with Gasteiger partial charge in [-0.25, -0.2) is 0 Å². The molecule has 0 unspecified atom stereocenters. The van der Waals surface area contributed by atoms with Crippen LogP contribution < -0.4 is 10.6 Å². The Kier molecular flexibility index (Phi) is 4.51. The van der Waals surface area contributed by atoms with Gasteiger partial charge in [-0.1, -0.05) is 13.8 Å². The standard InChI is InChI=1S/C11H17N3S2/c1-7(2)6-14(3)11-10(15-4)9(13)8(5-12)16-11/h7H,6,13H2,1-4H3. The maximum atomic E-state index is 8.97. The van der Waals surface area contributed by atoms with Crippen molar-refractivity contribution in [1.29, 1.82) is 5.26 Å². The number of rotatable bonds is 4. The van der Waals surface area contributed by atoms with Crippen molar-refractivity contribution in [3.63, 3.8) is 0 Å². The van der Waals surface area contributed by atoms with Gasteiger partial charge in [0.1, 0.15) is 15.9 Å². The van der Waals surface area contributed by atoms with Gasteiger partial charge in [0.2, 0.25) is 0 Å². The van der Waals surface area contributed by atoms with Crippen LogP contribution in [0.1, 0.15) is 18.7 Å². The van der Waals surface area contributed by atoms with E-state index in [0.29, 0.717) is 16.5 Å². The summed E-state index contributed by atoms with van der Waals surface area (Å²) in [5, 5.41) is 10.1. The smallest absolute Gasteiger partial charge is 0.131 e. The molecule has 0 amide bonds. The highest BCUT2D eigenvalue weighted by Gasteiger charge is 2.18. The van der Waals surface area contributed by atoms with Gasteiger partial charge in [-0.15, -0.1) is 23.1 Å². The summed E-state index contributed by atoms with van der Waals surface area (Å²) in [6, 6.07) is 2.15. The van der Waals surface area contributed by atoms with E-state index in [1.807, 2.05) is 13.3 Å². The number of hydrogen-bond acceptors (Lipinski definition) is 5. The lowest BCUT2D eigenvalue weighted by atomic mass is 10.2. The summed E-state index contributed by atoms with van der Waals surface area (Å²) in [7, 11) is 2.05. The second kappa shape index (κ2) is 5.46. The Morgan fingerprint density at radius 1 is 1.56 bits per heavy atom. The lowest BCUT2D eigenvalue weighted by Gasteiger charge is -2.20. The van der Waals surface area contributed by atoms with Crippen molar-refractivity contribution in [1.82, 2.24) is 0 Å². The zero-order chi connectivity index (χ0) is 12.3. The van der Waals surface area contributed by atoms with Crippen LogP contribution in [0.15, 0.2) is 4.90 Å². The van der Waals surface area contributed by atoms with E-state index in [-0.39, 0.29) is 0 Å². The molecular formula is C11H17N3S2. The molecule has 16 heavy (non-hydrogen) atoms. The van der Waals surface area contributed by atoms with Gasteiger partial charge in [0.15, 0.2) is 0 Å². The number of anilines is 2. The van der Waals surface area contributed by atoms with Crippen molar-refractivity contribution in [2.75, 3.05) is 30.5 Å². The number of nitriles is 1. The van der Waals surface area contributed by atoms with Gasteiger partial charge in [0.05, 0.1) is 10.6 Å². The van der Waals surface area contributed by atoms with Gasteiger partial charge in [-0.05, 0) is 12.2 Å². The molecule has 0 spiro atoms. The van der Waals surface area contributed by atoms with E-state index < -0.39 is 0 Å². The van der Waals surface area contributed by atoms with E-state index in [2.05, 4.69) is 24.8 Å². The van der Waals surface area contributed by atoms with Crippen molar-refractivity contribution in [2.45, 2.75) is 18.7 Å². The topological polar surface area (TPSA) is 53.0 Å².